The van der Waals surface area contributed by atoms with Crippen LogP contribution in [0.1, 0.15) is 21.5 Å². The number of carboxylic acid groups (broad SMARTS) is 1. The minimum absolute atomic E-state index is 0.0790. The fourth-order valence-corrected chi connectivity index (χ4v) is 2.64. The van der Waals surface area contributed by atoms with E-state index in [-0.39, 0.29) is 11.2 Å². The number of fused-ring (bicyclic) bond motifs is 1. The van der Waals surface area contributed by atoms with Crippen LogP contribution in [0.25, 0.3) is 0 Å². The van der Waals surface area contributed by atoms with Gasteiger partial charge in [-0.25, -0.2) is 9.78 Å². The summed E-state index contributed by atoms with van der Waals surface area (Å²) in [6.07, 6.45) is 1.89. The molecule has 3 rings (SSSR count). The number of nitrogens with two attached hydrogens (primary N) is 1. The topological polar surface area (TPSA) is 112 Å². The molecular formula is C14H14N4O3. The second-order valence-electron chi connectivity index (χ2n) is 4.89. The van der Waals surface area contributed by atoms with Gasteiger partial charge in [0.1, 0.15) is 5.69 Å². The first-order chi connectivity index (χ1) is 10.1. The molecule has 7 nitrogen and oxygen atoms in total. The van der Waals surface area contributed by atoms with Crippen molar-refractivity contribution in [1.82, 2.24) is 9.97 Å². The summed E-state index contributed by atoms with van der Waals surface area (Å²) in [5.41, 5.74) is 7.57. The highest BCUT2D eigenvalue weighted by molar-refractivity contribution is 5.90. The molecule has 7 heteroatoms. The Morgan fingerprint density at radius 2 is 2.24 bits per heavy atom. The molecule has 1 aliphatic heterocycles. The SMILES string of the molecule is Nc1c(N2CCc3c(cccc3C(=O)O)C2)nc[nH]c1=O. The summed E-state index contributed by atoms with van der Waals surface area (Å²) >= 11 is 0. The number of nitrogens with one attached hydrogen (secondary N) is 1. The minimum atomic E-state index is -0.922. The maximum absolute atomic E-state index is 11.5. The second-order valence-corrected chi connectivity index (χ2v) is 4.89. The van der Waals surface area contributed by atoms with Crippen LogP contribution in [0.2, 0.25) is 0 Å². The molecule has 2 aromatic rings. The van der Waals surface area contributed by atoms with Gasteiger partial charge >= 0.3 is 5.97 Å². The van der Waals surface area contributed by atoms with Crippen LogP contribution in [0.5, 0.6) is 0 Å². The van der Waals surface area contributed by atoms with Gasteiger partial charge in [0.15, 0.2) is 5.82 Å². The molecule has 0 atom stereocenters. The number of hydrogen-bond donors (Lipinski definition) is 3. The average molecular weight is 286 g/mol. The molecule has 1 aromatic carbocycles. The van der Waals surface area contributed by atoms with Crippen LogP contribution < -0.4 is 16.2 Å². The molecule has 21 heavy (non-hydrogen) atoms. The number of nitrogen functional groups attached to an aromatic ring is 1. The maximum Gasteiger partial charge on any atom is 0.335 e. The van der Waals surface area contributed by atoms with Crippen molar-refractivity contribution in [1.29, 1.82) is 0 Å². The summed E-state index contributed by atoms with van der Waals surface area (Å²) in [5.74, 6) is -0.487. The van der Waals surface area contributed by atoms with Crippen LogP contribution in [0.3, 0.4) is 0 Å². The monoisotopic (exact) mass is 286 g/mol. The molecule has 0 unspecified atom stereocenters. The summed E-state index contributed by atoms with van der Waals surface area (Å²) in [6.45, 7) is 1.05. The number of benzene rings is 1. The summed E-state index contributed by atoms with van der Waals surface area (Å²) in [6, 6.07) is 5.22. The Morgan fingerprint density at radius 1 is 1.43 bits per heavy atom. The van der Waals surface area contributed by atoms with E-state index in [0.717, 1.165) is 11.1 Å². The molecule has 4 N–H and O–H groups in total. The molecule has 1 aliphatic rings. The zero-order chi connectivity index (χ0) is 15.0. The number of aromatic amines is 1. The van der Waals surface area contributed by atoms with Crippen LogP contribution >= 0.6 is 0 Å². The van der Waals surface area contributed by atoms with Crippen molar-refractivity contribution in [3.63, 3.8) is 0 Å². The number of carboxylic acids is 1. The first-order valence-electron chi connectivity index (χ1n) is 6.50. The van der Waals surface area contributed by atoms with Gasteiger partial charge in [0.25, 0.3) is 5.56 Å². The van der Waals surface area contributed by atoms with Crippen molar-refractivity contribution in [2.75, 3.05) is 17.2 Å². The number of aromatic nitrogens is 2. The number of rotatable bonds is 2. The van der Waals surface area contributed by atoms with Gasteiger partial charge in [-0.05, 0) is 23.6 Å². The predicted octanol–water partition coefficient (Wildman–Crippen LogP) is 0.613. The smallest absolute Gasteiger partial charge is 0.335 e. The van der Waals surface area contributed by atoms with Crippen LogP contribution in [0, 0.1) is 0 Å². The third-order valence-corrected chi connectivity index (χ3v) is 3.66. The molecule has 108 valence electrons. The fraction of sp³-hybridized carbons (Fsp3) is 0.214. The second kappa shape index (κ2) is 4.93. The lowest BCUT2D eigenvalue weighted by Gasteiger charge is -2.30. The number of H-pyrrole nitrogens is 1. The van der Waals surface area contributed by atoms with E-state index in [9.17, 15) is 14.7 Å². The Kier molecular flexibility index (Phi) is 3.09. The average Bonchev–Trinajstić information content (AvgIpc) is 2.48. The van der Waals surface area contributed by atoms with Gasteiger partial charge in [-0.15, -0.1) is 0 Å². The number of hydrogen-bond acceptors (Lipinski definition) is 5. The Labute approximate surface area is 120 Å². The van der Waals surface area contributed by atoms with Crippen LogP contribution in [-0.4, -0.2) is 27.6 Å². The van der Waals surface area contributed by atoms with E-state index in [1.807, 2.05) is 11.0 Å². The summed E-state index contributed by atoms with van der Waals surface area (Å²) in [5, 5.41) is 9.21. The number of anilines is 2. The summed E-state index contributed by atoms with van der Waals surface area (Å²) in [7, 11) is 0. The van der Waals surface area contributed by atoms with Gasteiger partial charge in [0.05, 0.1) is 11.9 Å². The van der Waals surface area contributed by atoms with Crippen molar-refractivity contribution < 1.29 is 9.90 Å². The standard InChI is InChI=1S/C14H14N4O3/c15-11-12(16-7-17-13(11)19)18-5-4-9-8(6-18)2-1-3-10(9)14(20)21/h1-3,7H,4-6,15H2,(H,20,21)(H,16,17,19). The molecule has 2 heterocycles. The van der Waals surface area contributed by atoms with Crippen molar-refractivity contribution in [3.05, 3.63) is 51.6 Å². The fourth-order valence-electron chi connectivity index (χ4n) is 2.64. The largest absolute Gasteiger partial charge is 0.478 e. The summed E-state index contributed by atoms with van der Waals surface area (Å²) < 4.78 is 0. The lowest BCUT2D eigenvalue weighted by Crippen LogP contribution is -2.34. The van der Waals surface area contributed by atoms with Gasteiger partial charge in [-0.3, -0.25) is 4.79 Å². The van der Waals surface area contributed by atoms with E-state index in [1.54, 1.807) is 12.1 Å². The Hall–Kier alpha value is -2.83. The number of nitrogens with zero attached hydrogens (tertiary/aromatic N) is 2. The summed E-state index contributed by atoms with van der Waals surface area (Å²) in [4.78, 5) is 31.2. The molecule has 1 aromatic heterocycles. The Morgan fingerprint density at radius 3 is 3.00 bits per heavy atom. The molecule has 0 radical (unpaired) electrons. The normalized spacial score (nSPS) is 13.8. The molecule has 0 saturated carbocycles. The molecule has 0 bridgehead atoms. The van der Waals surface area contributed by atoms with Crippen molar-refractivity contribution in [2.45, 2.75) is 13.0 Å². The third kappa shape index (κ3) is 2.22. The predicted molar refractivity (Wildman–Crippen MR) is 77.4 cm³/mol. The molecule has 0 saturated heterocycles. The van der Waals surface area contributed by atoms with E-state index >= 15 is 0 Å². The van der Waals surface area contributed by atoms with Crippen LogP contribution in [0.15, 0.2) is 29.3 Å². The molecule has 0 amide bonds. The first-order valence-corrected chi connectivity index (χ1v) is 6.50. The molecular weight excluding hydrogens is 272 g/mol. The lowest BCUT2D eigenvalue weighted by molar-refractivity contribution is 0.0695. The molecule has 0 fully saturated rings. The van der Waals surface area contributed by atoms with Gasteiger partial charge < -0.3 is 20.7 Å². The maximum atomic E-state index is 11.5. The van der Waals surface area contributed by atoms with Gasteiger partial charge in [0.2, 0.25) is 0 Å². The van der Waals surface area contributed by atoms with Crippen molar-refractivity contribution >= 4 is 17.5 Å². The number of aromatic carboxylic acids is 1. The molecule has 0 aliphatic carbocycles. The van der Waals surface area contributed by atoms with Crippen molar-refractivity contribution in [2.24, 2.45) is 0 Å². The Balaban J connectivity index is 1.99. The van der Waals surface area contributed by atoms with Crippen molar-refractivity contribution in [3.8, 4) is 0 Å². The van der Waals surface area contributed by atoms with Gasteiger partial charge in [0, 0.05) is 13.1 Å². The van der Waals surface area contributed by atoms with Gasteiger partial charge in [-0.1, -0.05) is 12.1 Å². The first kappa shape index (κ1) is 13.2. The third-order valence-electron chi connectivity index (χ3n) is 3.66. The Bertz CT molecular complexity index is 769. The van der Waals surface area contributed by atoms with E-state index in [0.29, 0.717) is 30.9 Å². The zero-order valence-electron chi connectivity index (χ0n) is 11.2. The van der Waals surface area contributed by atoms with E-state index in [1.165, 1.54) is 6.33 Å². The highest BCUT2D eigenvalue weighted by atomic mass is 16.4. The number of carbonyl (C=O) groups is 1. The van der Waals surface area contributed by atoms with Crippen LogP contribution in [0.4, 0.5) is 11.5 Å². The lowest BCUT2D eigenvalue weighted by atomic mass is 9.94. The quantitative estimate of drug-likeness (QED) is 0.745. The minimum Gasteiger partial charge on any atom is -0.478 e. The van der Waals surface area contributed by atoms with Crippen LogP contribution in [-0.2, 0) is 13.0 Å². The highest BCUT2D eigenvalue weighted by Crippen LogP contribution is 2.27. The molecule has 0 spiro atoms. The van der Waals surface area contributed by atoms with E-state index in [4.69, 9.17) is 5.73 Å². The van der Waals surface area contributed by atoms with E-state index in [2.05, 4.69) is 9.97 Å². The zero-order valence-corrected chi connectivity index (χ0v) is 11.2. The van der Waals surface area contributed by atoms with Gasteiger partial charge in [-0.2, -0.15) is 0 Å². The van der Waals surface area contributed by atoms with E-state index < -0.39 is 5.97 Å². The highest BCUT2D eigenvalue weighted by Gasteiger charge is 2.23.